The third-order valence-corrected chi connectivity index (χ3v) is 5.32. The van der Waals surface area contributed by atoms with Crippen molar-refractivity contribution >= 4 is 5.78 Å². The lowest BCUT2D eigenvalue weighted by atomic mass is 10.1. The molecule has 0 N–H and O–H groups in total. The first-order valence-electron chi connectivity index (χ1n) is 13.8. The molecule has 36 heavy (non-hydrogen) atoms. The molecule has 0 aliphatic heterocycles. The van der Waals surface area contributed by atoms with Crippen molar-refractivity contribution in [2.45, 2.75) is 115 Å². The zero-order valence-electron chi connectivity index (χ0n) is 25.8. The highest BCUT2D eigenvalue weighted by atomic mass is 16.1. The summed E-state index contributed by atoms with van der Waals surface area (Å²) in [5, 5.41) is 0. The van der Waals surface area contributed by atoms with Crippen LogP contribution in [0.15, 0.2) is 72.8 Å². The molecule has 0 amide bonds. The second-order valence-electron chi connectivity index (χ2n) is 9.84. The molecule has 0 unspecified atom stereocenters. The van der Waals surface area contributed by atoms with Crippen LogP contribution in [0, 0.1) is 12.8 Å². The van der Waals surface area contributed by atoms with Crippen molar-refractivity contribution < 1.29 is 4.79 Å². The molecule has 2 aromatic rings. The summed E-state index contributed by atoms with van der Waals surface area (Å²) < 4.78 is 0. The van der Waals surface area contributed by atoms with E-state index in [1.165, 1.54) is 47.1 Å². The van der Waals surface area contributed by atoms with Gasteiger partial charge in [0, 0.05) is 5.56 Å². The van der Waals surface area contributed by atoms with Gasteiger partial charge in [-0.15, -0.1) is 6.58 Å². The molecule has 2 aromatic carbocycles. The number of benzene rings is 2. The fraction of sp³-hybridized carbons (Fsp3) is 0.514. The van der Waals surface area contributed by atoms with Gasteiger partial charge in [-0.3, -0.25) is 4.79 Å². The van der Waals surface area contributed by atoms with Crippen LogP contribution in [0.1, 0.15) is 122 Å². The summed E-state index contributed by atoms with van der Waals surface area (Å²) in [6.45, 7) is 30.5. The highest BCUT2D eigenvalue weighted by Gasteiger charge is 1.96. The smallest absolute Gasteiger partial charge is 0.159 e. The zero-order valence-corrected chi connectivity index (χ0v) is 25.8. The monoisotopic (exact) mass is 494 g/mol. The molecule has 0 heterocycles. The zero-order chi connectivity index (χ0) is 28.5. The lowest BCUT2D eigenvalue weighted by Crippen LogP contribution is -1.91. The van der Waals surface area contributed by atoms with Gasteiger partial charge >= 0.3 is 0 Å². The van der Waals surface area contributed by atoms with Crippen LogP contribution >= 0.6 is 0 Å². The normalized spacial score (nSPS) is 9.11. The molecule has 0 fully saturated rings. The molecule has 0 saturated carbocycles. The van der Waals surface area contributed by atoms with E-state index in [9.17, 15) is 4.79 Å². The molecule has 1 heteroatoms. The summed E-state index contributed by atoms with van der Waals surface area (Å²) in [4.78, 5) is 10.8. The van der Waals surface area contributed by atoms with Gasteiger partial charge in [-0.05, 0) is 64.0 Å². The second-order valence-corrected chi connectivity index (χ2v) is 9.84. The molecule has 0 bridgehead atoms. The average Bonchev–Trinajstić information content (AvgIpc) is 2.86. The molecule has 204 valence electrons. The highest BCUT2D eigenvalue weighted by Crippen LogP contribution is 2.07. The van der Waals surface area contributed by atoms with Crippen molar-refractivity contribution in [1.82, 2.24) is 0 Å². The van der Waals surface area contributed by atoms with Crippen LogP contribution in [0.4, 0.5) is 0 Å². The number of hydrogen-bond acceptors (Lipinski definition) is 1. The number of ketones is 1. The minimum atomic E-state index is 0.132. The first kappa shape index (κ1) is 38.1. The van der Waals surface area contributed by atoms with Gasteiger partial charge in [0.2, 0.25) is 0 Å². The minimum absolute atomic E-state index is 0.132. The Morgan fingerprint density at radius 3 is 1.36 bits per heavy atom. The van der Waals surface area contributed by atoms with Gasteiger partial charge in [-0.1, -0.05) is 140 Å². The Morgan fingerprint density at radius 1 is 0.722 bits per heavy atom. The molecule has 0 aromatic heterocycles. The molecule has 0 saturated heterocycles. The van der Waals surface area contributed by atoms with Crippen LogP contribution < -0.4 is 0 Å². The summed E-state index contributed by atoms with van der Waals surface area (Å²) in [6, 6.07) is 16.3. The van der Waals surface area contributed by atoms with E-state index in [0.717, 1.165) is 30.7 Å². The molecule has 2 rings (SSSR count). The third kappa shape index (κ3) is 27.8. The Kier molecular flexibility index (Phi) is 27.2. The van der Waals surface area contributed by atoms with Gasteiger partial charge in [0.1, 0.15) is 0 Å². The Balaban J connectivity index is -0.000000406. The van der Waals surface area contributed by atoms with Crippen molar-refractivity contribution in [3.05, 3.63) is 95.1 Å². The van der Waals surface area contributed by atoms with Gasteiger partial charge in [0.15, 0.2) is 5.78 Å². The van der Waals surface area contributed by atoms with Crippen molar-refractivity contribution in [2.24, 2.45) is 5.92 Å². The third-order valence-electron chi connectivity index (χ3n) is 5.32. The maximum Gasteiger partial charge on any atom is 0.159 e. The standard InChI is InChI=1S/C11H14.C10H12O.C5H12.C5H10.C4H10/c1-9(2)8-11-6-4-10(3)5-7-11;1-3-9-4-6-10(7-5-9)8(2)11;2*1-4-5(2)3;1-3-4-2/h4-7H,1,8H2,2-3H3;4-7H,3H2,1-2H3;5H,4H2,1-3H3;2,4H2,1,3H3;3-4H2,1-2H3. The highest BCUT2D eigenvalue weighted by molar-refractivity contribution is 5.93. The van der Waals surface area contributed by atoms with E-state index >= 15 is 0 Å². The fourth-order valence-electron chi connectivity index (χ4n) is 2.03. The van der Waals surface area contributed by atoms with Gasteiger partial charge in [0.25, 0.3) is 0 Å². The van der Waals surface area contributed by atoms with Crippen LogP contribution in [-0.2, 0) is 12.8 Å². The van der Waals surface area contributed by atoms with E-state index in [1.807, 2.05) is 31.2 Å². The van der Waals surface area contributed by atoms with Gasteiger partial charge in [0.05, 0.1) is 0 Å². The van der Waals surface area contributed by atoms with Crippen LogP contribution in [0.3, 0.4) is 0 Å². The van der Waals surface area contributed by atoms with E-state index in [2.05, 4.69) is 99.7 Å². The minimum Gasteiger partial charge on any atom is -0.295 e. The lowest BCUT2D eigenvalue weighted by molar-refractivity contribution is 0.101. The molecule has 0 atom stereocenters. The van der Waals surface area contributed by atoms with Crippen molar-refractivity contribution in [2.75, 3.05) is 0 Å². The molecule has 0 radical (unpaired) electrons. The molecular weight excluding hydrogens is 436 g/mol. The molecule has 0 spiro atoms. The summed E-state index contributed by atoms with van der Waals surface area (Å²) in [7, 11) is 0. The second kappa shape index (κ2) is 25.7. The van der Waals surface area contributed by atoms with E-state index < -0.39 is 0 Å². The summed E-state index contributed by atoms with van der Waals surface area (Å²) in [5.74, 6) is 1.02. The van der Waals surface area contributed by atoms with Crippen LogP contribution in [0.2, 0.25) is 0 Å². The molecule has 0 aliphatic rings. The number of allylic oxidation sites excluding steroid dienone is 2. The number of aryl methyl sites for hydroxylation is 2. The maximum atomic E-state index is 10.8. The van der Waals surface area contributed by atoms with Gasteiger partial charge < -0.3 is 0 Å². The van der Waals surface area contributed by atoms with Crippen molar-refractivity contribution in [3.63, 3.8) is 0 Å². The number of hydrogen-bond donors (Lipinski definition) is 0. The summed E-state index contributed by atoms with van der Waals surface area (Å²) in [5.41, 5.74) is 7.20. The SMILES string of the molecule is C=C(C)CC.C=C(C)Cc1ccc(C)cc1.CCC(C)C.CCCC.CCc1ccc(C(C)=O)cc1. The van der Waals surface area contributed by atoms with Crippen molar-refractivity contribution in [1.29, 1.82) is 0 Å². The van der Waals surface area contributed by atoms with Gasteiger partial charge in [-0.2, -0.15) is 0 Å². The lowest BCUT2D eigenvalue weighted by Gasteiger charge is -1.99. The largest absolute Gasteiger partial charge is 0.295 e. The Labute approximate surface area is 226 Å². The first-order chi connectivity index (χ1) is 16.9. The summed E-state index contributed by atoms with van der Waals surface area (Å²) in [6.07, 6.45) is 7.08. The van der Waals surface area contributed by atoms with E-state index in [-0.39, 0.29) is 5.78 Å². The fourth-order valence-corrected chi connectivity index (χ4v) is 2.03. The Hall–Kier alpha value is -2.41. The van der Waals surface area contributed by atoms with E-state index in [4.69, 9.17) is 0 Å². The topological polar surface area (TPSA) is 17.1 Å². The number of rotatable bonds is 7. The Morgan fingerprint density at radius 2 is 1.11 bits per heavy atom. The first-order valence-corrected chi connectivity index (χ1v) is 13.8. The van der Waals surface area contributed by atoms with Crippen molar-refractivity contribution in [3.8, 4) is 0 Å². The van der Waals surface area contributed by atoms with E-state index in [1.54, 1.807) is 6.92 Å². The molecule has 1 nitrogen and oxygen atoms in total. The quantitative estimate of drug-likeness (QED) is 0.276. The maximum absolute atomic E-state index is 10.8. The predicted molar refractivity (Wildman–Crippen MR) is 166 cm³/mol. The number of carbonyl (C=O) groups excluding carboxylic acids is 1. The van der Waals surface area contributed by atoms with E-state index in [0.29, 0.717) is 0 Å². The van der Waals surface area contributed by atoms with Gasteiger partial charge in [-0.25, -0.2) is 0 Å². The average molecular weight is 495 g/mol. The Bertz CT molecular complexity index is 790. The number of carbonyl (C=O) groups is 1. The number of unbranched alkanes of at least 4 members (excludes halogenated alkanes) is 1. The van der Waals surface area contributed by atoms with Crippen LogP contribution in [0.25, 0.3) is 0 Å². The molecule has 0 aliphatic carbocycles. The van der Waals surface area contributed by atoms with Crippen LogP contribution in [-0.4, -0.2) is 5.78 Å². The number of Topliss-reactive ketones (excluding diaryl/α,β-unsaturated/α-hetero) is 1. The molecular formula is C35H58O. The van der Waals surface area contributed by atoms with Crippen LogP contribution in [0.5, 0.6) is 0 Å². The predicted octanol–water partition coefficient (Wildman–Crippen LogP) is 11.4. The summed E-state index contributed by atoms with van der Waals surface area (Å²) >= 11 is 0.